The molecule has 0 bridgehead atoms. The van der Waals surface area contributed by atoms with Gasteiger partial charge in [0.05, 0.1) is 11.6 Å². The predicted molar refractivity (Wildman–Crippen MR) is 163 cm³/mol. The summed E-state index contributed by atoms with van der Waals surface area (Å²) in [6, 6.07) is 10.4. The molecule has 2 aromatic rings. The first kappa shape index (κ1) is 32.6. The zero-order chi connectivity index (χ0) is 30.9. The van der Waals surface area contributed by atoms with Gasteiger partial charge in [0.25, 0.3) is 5.56 Å². The van der Waals surface area contributed by atoms with Gasteiger partial charge < -0.3 is 18.5 Å². The van der Waals surface area contributed by atoms with E-state index in [2.05, 4.69) is 60.7 Å². The quantitative estimate of drug-likeness (QED) is 0.247. The Hall–Kier alpha value is -2.89. The van der Waals surface area contributed by atoms with E-state index in [1.165, 1.54) is 6.92 Å². The number of hydrogen-bond donors (Lipinski definition) is 0. The fourth-order valence-corrected chi connectivity index (χ4v) is 6.87. The number of benzene rings is 1. The lowest BCUT2D eigenvalue weighted by Gasteiger charge is -2.44. The topological polar surface area (TPSA) is 90.5 Å². The molecular weight excluding hydrogens is 532 g/mol. The molecule has 0 spiro atoms. The van der Waals surface area contributed by atoms with Crippen LogP contribution in [0.15, 0.2) is 41.3 Å². The van der Waals surface area contributed by atoms with Crippen LogP contribution in [-0.4, -0.2) is 37.4 Å². The van der Waals surface area contributed by atoms with Crippen LogP contribution < -0.4 is 10.3 Å². The van der Waals surface area contributed by atoms with Crippen molar-refractivity contribution >= 4 is 15.0 Å². The number of fused-ring (bicyclic) bond motifs is 1. The number of rotatable bonds is 8. The molecule has 2 heterocycles. The Morgan fingerprint density at radius 2 is 1.76 bits per heavy atom. The molecular formula is C33H47N2O5Si. The summed E-state index contributed by atoms with van der Waals surface area (Å²) in [4.78, 5) is 26.1. The maximum absolute atomic E-state index is 13.9. The zero-order valence-electron chi connectivity index (χ0n) is 26.6. The minimum Gasteiger partial charge on any atom is -0.484 e. The van der Waals surface area contributed by atoms with Crippen LogP contribution in [0, 0.1) is 22.2 Å². The molecule has 1 aromatic carbocycles. The van der Waals surface area contributed by atoms with E-state index < -0.39 is 32.8 Å². The molecule has 0 amide bonds. The Morgan fingerprint density at radius 3 is 2.27 bits per heavy atom. The highest BCUT2D eigenvalue weighted by molar-refractivity contribution is 6.48. The normalized spacial score (nSPS) is 20.0. The molecule has 1 aliphatic rings. The predicted octanol–water partition coefficient (Wildman–Crippen LogP) is 7.00. The molecule has 41 heavy (non-hydrogen) atoms. The van der Waals surface area contributed by atoms with Crippen LogP contribution in [0.1, 0.15) is 104 Å². The molecule has 3 rings (SSSR count). The molecule has 223 valence electrons. The van der Waals surface area contributed by atoms with Gasteiger partial charge in [0.2, 0.25) is 9.04 Å². The third-order valence-electron chi connectivity index (χ3n) is 7.88. The fourth-order valence-electron chi connectivity index (χ4n) is 5.83. The van der Waals surface area contributed by atoms with Gasteiger partial charge in [-0.15, -0.1) is 0 Å². The molecule has 8 heteroatoms. The van der Waals surface area contributed by atoms with Crippen LogP contribution in [0.2, 0.25) is 13.1 Å². The second-order valence-electron chi connectivity index (χ2n) is 14.1. The Balaban J connectivity index is 2.08. The van der Waals surface area contributed by atoms with Crippen molar-refractivity contribution in [2.75, 3.05) is 0 Å². The van der Waals surface area contributed by atoms with E-state index in [1.54, 1.807) is 35.0 Å². The van der Waals surface area contributed by atoms with Crippen LogP contribution in [0.5, 0.6) is 5.75 Å². The summed E-state index contributed by atoms with van der Waals surface area (Å²) in [5.41, 5.74) is 0.888. The van der Waals surface area contributed by atoms with Crippen molar-refractivity contribution in [1.82, 2.24) is 4.57 Å². The highest BCUT2D eigenvalue weighted by atomic mass is 28.3. The number of esters is 1. The van der Waals surface area contributed by atoms with Crippen LogP contribution in [0.3, 0.4) is 0 Å². The minimum absolute atomic E-state index is 0.0189. The van der Waals surface area contributed by atoms with Crippen molar-refractivity contribution in [2.24, 2.45) is 10.8 Å². The molecule has 0 saturated carbocycles. The van der Waals surface area contributed by atoms with Crippen molar-refractivity contribution in [3.8, 4) is 11.8 Å². The first-order chi connectivity index (χ1) is 18.8. The van der Waals surface area contributed by atoms with Gasteiger partial charge in [-0.1, -0.05) is 41.5 Å². The number of carbonyl (C=O) groups excluding carboxylic acids is 1. The summed E-state index contributed by atoms with van der Waals surface area (Å²) < 4.78 is 20.1. The Kier molecular flexibility index (Phi) is 9.66. The zero-order valence-corrected chi connectivity index (χ0v) is 27.6. The van der Waals surface area contributed by atoms with Crippen LogP contribution in [-0.2, 0) is 14.0 Å². The number of aromatic nitrogens is 1. The monoisotopic (exact) mass is 579 g/mol. The van der Waals surface area contributed by atoms with Crippen molar-refractivity contribution in [2.45, 2.75) is 118 Å². The Labute approximate surface area is 247 Å². The lowest BCUT2D eigenvalue weighted by atomic mass is 9.72. The molecule has 4 atom stereocenters. The summed E-state index contributed by atoms with van der Waals surface area (Å²) in [5, 5.41) is 9.57. The van der Waals surface area contributed by atoms with Crippen molar-refractivity contribution in [1.29, 1.82) is 5.26 Å². The molecule has 0 aliphatic carbocycles. The SMILES string of the molecule is CC(=O)O[C@H]1[C@H](n2ccc(C(CCC(O[Si](C)C)C(C)(C)C)C(C)(C)C)cc2=O)c2cc(C#N)ccc2OC1(C)C. The van der Waals surface area contributed by atoms with Crippen molar-refractivity contribution < 1.29 is 18.7 Å². The second-order valence-corrected chi connectivity index (χ2v) is 16.2. The standard InChI is InChI=1S/C33H47N2O5Si/c1-21(36)38-30-29(24-18-22(20-34)12-14-26(24)39-33(30,8)9)35-17-16-23(19-28(35)37)25(31(2,3)4)13-15-27(32(5,6)7)40-41(10)11/h12,14,16-19,25,27,29-30H,13,15H2,1-11H3/t25?,27?,29-,30+/m1/s1. The van der Waals surface area contributed by atoms with Gasteiger partial charge in [-0.2, -0.15) is 5.26 Å². The number of nitrogens with zero attached hydrogens (tertiary/aromatic N) is 2. The first-order valence-electron chi connectivity index (χ1n) is 14.4. The van der Waals surface area contributed by atoms with Gasteiger partial charge in [0.1, 0.15) is 17.4 Å². The summed E-state index contributed by atoms with van der Waals surface area (Å²) in [6.07, 6.45) is 2.94. The first-order valence-corrected chi connectivity index (χ1v) is 16.8. The van der Waals surface area contributed by atoms with E-state index in [4.69, 9.17) is 13.9 Å². The average molecular weight is 580 g/mol. The van der Waals surface area contributed by atoms with Gasteiger partial charge in [0, 0.05) is 30.9 Å². The van der Waals surface area contributed by atoms with E-state index in [0.29, 0.717) is 16.9 Å². The summed E-state index contributed by atoms with van der Waals surface area (Å²) >= 11 is 0. The number of pyridine rings is 1. The maximum atomic E-state index is 13.9. The molecule has 0 saturated heterocycles. The molecule has 2 unspecified atom stereocenters. The molecule has 1 radical (unpaired) electrons. The van der Waals surface area contributed by atoms with E-state index in [0.717, 1.165) is 18.4 Å². The number of ether oxygens (including phenoxy) is 2. The number of nitriles is 1. The third kappa shape index (κ3) is 7.69. The molecule has 0 fully saturated rings. The lowest BCUT2D eigenvalue weighted by Crippen LogP contribution is -2.54. The van der Waals surface area contributed by atoms with Crippen molar-refractivity contribution in [3.05, 3.63) is 63.6 Å². The van der Waals surface area contributed by atoms with E-state index >= 15 is 0 Å². The third-order valence-corrected chi connectivity index (χ3v) is 8.63. The van der Waals surface area contributed by atoms with Gasteiger partial charge in [0.15, 0.2) is 6.10 Å². The summed E-state index contributed by atoms with van der Waals surface area (Å²) in [6.45, 7) is 22.7. The highest BCUT2D eigenvalue weighted by Gasteiger charge is 2.47. The van der Waals surface area contributed by atoms with Gasteiger partial charge in [-0.05, 0) is 86.4 Å². The van der Waals surface area contributed by atoms with Crippen LogP contribution in [0.25, 0.3) is 0 Å². The minimum atomic E-state index is -0.912. The van der Waals surface area contributed by atoms with E-state index in [9.17, 15) is 14.9 Å². The van der Waals surface area contributed by atoms with Gasteiger partial charge in [-0.25, -0.2) is 0 Å². The Morgan fingerprint density at radius 1 is 1.10 bits per heavy atom. The Bertz CT molecular complexity index is 1340. The molecule has 0 N–H and O–H groups in total. The second kappa shape index (κ2) is 12.1. The fraction of sp³-hybridized carbons (Fsp3) is 0.606. The van der Waals surface area contributed by atoms with Crippen molar-refractivity contribution in [3.63, 3.8) is 0 Å². The van der Waals surface area contributed by atoms with Gasteiger partial charge in [-0.3, -0.25) is 9.59 Å². The number of hydrogen-bond acceptors (Lipinski definition) is 6. The van der Waals surface area contributed by atoms with E-state index in [-0.39, 0.29) is 28.4 Å². The lowest BCUT2D eigenvalue weighted by molar-refractivity contribution is -0.163. The summed E-state index contributed by atoms with van der Waals surface area (Å²) in [7, 11) is -0.858. The molecule has 1 aliphatic heterocycles. The molecule has 7 nitrogen and oxygen atoms in total. The largest absolute Gasteiger partial charge is 0.484 e. The molecule has 1 aromatic heterocycles. The summed E-state index contributed by atoms with van der Waals surface area (Å²) in [5.74, 6) is 0.232. The average Bonchev–Trinajstić information content (AvgIpc) is 2.82. The highest BCUT2D eigenvalue weighted by Crippen LogP contribution is 2.44. The van der Waals surface area contributed by atoms with E-state index in [1.807, 2.05) is 19.9 Å². The van der Waals surface area contributed by atoms with Crippen LogP contribution in [0.4, 0.5) is 0 Å². The smallest absolute Gasteiger partial charge is 0.303 e. The number of carbonyl (C=O) groups is 1. The maximum Gasteiger partial charge on any atom is 0.303 e. The van der Waals surface area contributed by atoms with Gasteiger partial charge >= 0.3 is 5.97 Å². The van der Waals surface area contributed by atoms with Crippen LogP contribution >= 0.6 is 0 Å².